The Kier molecular flexibility index (Phi) is 5.45. The van der Waals surface area contributed by atoms with Crippen LogP contribution in [0.4, 0.5) is 0 Å². The minimum atomic E-state index is -0.563. The Labute approximate surface area is 108 Å². The zero-order valence-corrected chi connectivity index (χ0v) is 10.5. The minimum Gasteiger partial charge on any atom is -0.491 e. The molecule has 0 bridgehead atoms. The van der Waals surface area contributed by atoms with Crippen LogP contribution in [0.25, 0.3) is 0 Å². The van der Waals surface area contributed by atoms with Crippen molar-refractivity contribution in [3.05, 3.63) is 30.3 Å². The van der Waals surface area contributed by atoms with Crippen molar-refractivity contribution >= 4 is 0 Å². The second-order valence-corrected chi connectivity index (χ2v) is 4.65. The van der Waals surface area contributed by atoms with E-state index in [9.17, 15) is 5.11 Å². The van der Waals surface area contributed by atoms with Gasteiger partial charge in [0, 0.05) is 0 Å². The molecular formula is C14H21NO3. The summed E-state index contributed by atoms with van der Waals surface area (Å²) in [6.07, 6.45) is 4.46. The van der Waals surface area contributed by atoms with Crippen LogP contribution in [0.2, 0.25) is 0 Å². The van der Waals surface area contributed by atoms with Crippen molar-refractivity contribution in [1.29, 1.82) is 0 Å². The van der Waals surface area contributed by atoms with Gasteiger partial charge in [-0.3, -0.25) is 4.84 Å². The Balaban J connectivity index is 1.56. The van der Waals surface area contributed by atoms with Crippen LogP contribution in [-0.4, -0.2) is 30.5 Å². The molecule has 0 aromatic heterocycles. The van der Waals surface area contributed by atoms with Gasteiger partial charge in [-0.2, -0.15) is 5.48 Å². The quantitative estimate of drug-likeness (QED) is 0.727. The molecule has 1 aromatic rings. The first kappa shape index (κ1) is 13.3. The van der Waals surface area contributed by atoms with Gasteiger partial charge in [0.25, 0.3) is 0 Å². The lowest BCUT2D eigenvalue weighted by atomic mass is 10.3. The maximum Gasteiger partial charge on any atom is 0.119 e. The highest BCUT2D eigenvalue weighted by atomic mass is 16.7. The number of aliphatic hydroxyl groups excluding tert-OH is 1. The molecule has 18 heavy (non-hydrogen) atoms. The molecule has 100 valence electrons. The number of nitrogens with one attached hydrogen (secondary N) is 1. The van der Waals surface area contributed by atoms with Gasteiger partial charge in [0.05, 0.1) is 12.6 Å². The van der Waals surface area contributed by atoms with Gasteiger partial charge in [-0.05, 0) is 25.0 Å². The Morgan fingerprint density at radius 2 is 1.94 bits per heavy atom. The lowest BCUT2D eigenvalue weighted by Gasteiger charge is -2.15. The van der Waals surface area contributed by atoms with Gasteiger partial charge in [0.15, 0.2) is 0 Å². The van der Waals surface area contributed by atoms with Crippen molar-refractivity contribution < 1.29 is 14.7 Å². The molecule has 0 saturated heterocycles. The van der Waals surface area contributed by atoms with Crippen LogP contribution in [0.5, 0.6) is 5.75 Å². The van der Waals surface area contributed by atoms with Crippen LogP contribution in [-0.2, 0) is 4.84 Å². The summed E-state index contributed by atoms with van der Waals surface area (Å²) >= 11 is 0. The van der Waals surface area contributed by atoms with E-state index in [0.717, 1.165) is 18.6 Å². The summed E-state index contributed by atoms with van der Waals surface area (Å²) in [4.78, 5) is 5.46. The fourth-order valence-corrected chi connectivity index (χ4v) is 2.04. The topological polar surface area (TPSA) is 50.7 Å². The zero-order chi connectivity index (χ0) is 12.6. The van der Waals surface area contributed by atoms with Crippen LogP contribution in [0.1, 0.15) is 25.7 Å². The number of hydrogen-bond acceptors (Lipinski definition) is 4. The van der Waals surface area contributed by atoms with Crippen molar-refractivity contribution in [3.63, 3.8) is 0 Å². The van der Waals surface area contributed by atoms with E-state index in [4.69, 9.17) is 9.57 Å². The second-order valence-electron chi connectivity index (χ2n) is 4.65. The number of ether oxygens (including phenoxy) is 1. The first-order valence-corrected chi connectivity index (χ1v) is 6.59. The summed E-state index contributed by atoms with van der Waals surface area (Å²) in [6, 6.07) is 9.48. The molecule has 2 rings (SSSR count). The molecule has 0 spiro atoms. The van der Waals surface area contributed by atoms with E-state index < -0.39 is 6.10 Å². The van der Waals surface area contributed by atoms with Crippen LogP contribution in [0, 0.1) is 0 Å². The fourth-order valence-electron chi connectivity index (χ4n) is 2.04. The molecule has 1 unspecified atom stereocenters. The molecule has 4 nitrogen and oxygen atoms in total. The van der Waals surface area contributed by atoms with E-state index >= 15 is 0 Å². The smallest absolute Gasteiger partial charge is 0.119 e. The Morgan fingerprint density at radius 3 is 2.67 bits per heavy atom. The van der Waals surface area contributed by atoms with Crippen molar-refractivity contribution in [2.24, 2.45) is 0 Å². The van der Waals surface area contributed by atoms with Crippen molar-refractivity contribution in [1.82, 2.24) is 5.48 Å². The van der Waals surface area contributed by atoms with Gasteiger partial charge in [-0.1, -0.05) is 31.0 Å². The lowest BCUT2D eigenvalue weighted by molar-refractivity contribution is -0.0417. The summed E-state index contributed by atoms with van der Waals surface area (Å²) in [5.41, 5.74) is 2.83. The maximum atomic E-state index is 9.72. The summed E-state index contributed by atoms with van der Waals surface area (Å²) in [7, 11) is 0. The van der Waals surface area contributed by atoms with E-state index in [0.29, 0.717) is 12.6 Å². The minimum absolute atomic E-state index is 0.269. The van der Waals surface area contributed by atoms with Gasteiger partial charge in [0.2, 0.25) is 0 Å². The molecule has 0 aliphatic heterocycles. The van der Waals surface area contributed by atoms with Crippen molar-refractivity contribution in [2.45, 2.75) is 37.9 Å². The fraction of sp³-hybridized carbons (Fsp3) is 0.571. The number of benzene rings is 1. The molecule has 4 heteroatoms. The molecule has 1 saturated carbocycles. The predicted octanol–water partition coefficient (Wildman–Crippen LogP) is 1.89. The lowest BCUT2D eigenvalue weighted by Crippen LogP contribution is -2.33. The molecule has 0 amide bonds. The summed E-state index contributed by atoms with van der Waals surface area (Å²) in [6.45, 7) is 0.661. The first-order valence-electron chi connectivity index (χ1n) is 6.59. The number of hydroxylamine groups is 1. The SMILES string of the molecule is OC(CNOC1CCCC1)COc1ccccc1. The van der Waals surface area contributed by atoms with E-state index in [1.54, 1.807) is 0 Å². The Hall–Kier alpha value is -1.10. The predicted molar refractivity (Wildman–Crippen MR) is 69.3 cm³/mol. The average molecular weight is 251 g/mol. The third-order valence-corrected chi connectivity index (χ3v) is 3.06. The number of rotatable bonds is 7. The molecular weight excluding hydrogens is 230 g/mol. The average Bonchev–Trinajstić information content (AvgIpc) is 2.91. The van der Waals surface area contributed by atoms with Crippen molar-refractivity contribution in [3.8, 4) is 5.75 Å². The Morgan fingerprint density at radius 1 is 1.22 bits per heavy atom. The highest BCUT2D eigenvalue weighted by Gasteiger charge is 2.16. The summed E-state index contributed by atoms with van der Waals surface area (Å²) in [5, 5.41) is 9.72. The normalized spacial score (nSPS) is 17.8. The molecule has 1 atom stereocenters. The Bertz CT molecular complexity index is 325. The molecule has 1 fully saturated rings. The van der Waals surface area contributed by atoms with Crippen LogP contribution < -0.4 is 10.2 Å². The van der Waals surface area contributed by atoms with Gasteiger partial charge >= 0.3 is 0 Å². The third kappa shape index (κ3) is 4.64. The van der Waals surface area contributed by atoms with Gasteiger partial charge in [-0.15, -0.1) is 0 Å². The van der Waals surface area contributed by atoms with Gasteiger partial charge in [-0.25, -0.2) is 0 Å². The molecule has 2 N–H and O–H groups in total. The number of para-hydroxylation sites is 1. The molecule has 1 aliphatic rings. The van der Waals surface area contributed by atoms with Gasteiger partial charge < -0.3 is 9.84 Å². The summed E-state index contributed by atoms with van der Waals surface area (Å²) in [5.74, 6) is 0.772. The third-order valence-electron chi connectivity index (χ3n) is 3.06. The van der Waals surface area contributed by atoms with Crippen LogP contribution >= 0.6 is 0 Å². The standard InChI is InChI=1S/C14H21NO3/c16-12(10-15-18-14-8-4-5-9-14)11-17-13-6-2-1-3-7-13/h1-3,6-7,12,14-16H,4-5,8-11H2. The maximum absolute atomic E-state index is 9.72. The van der Waals surface area contributed by atoms with Crippen molar-refractivity contribution in [2.75, 3.05) is 13.2 Å². The molecule has 0 heterocycles. The number of hydrogen-bond donors (Lipinski definition) is 2. The van der Waals surface area contributed by atoms with E-state index in [-0.39, 0.29) is 6.61 Å². The van der Waals surface area contributed by atoms with Crippen LogP contribution in [0.15, 0.2) is 30.3 Å². The molecule has 1 aromatic carbocycles. The molecule has 1 aliphatic carbocycles. The van der Waals surface area contributed by atoms with Crippen LogP contribution in [0.3, 0.4) is 0 Å². The highest BCUT2D eigenvalue weighted by molar-refractivity contribution is 5.20. The second kappa shape index (κ2) is 7.36. The summed E-state index contributed by atoms with van der Waals surface area (Å²) < 4.78 is 5.44. The number of aliphatic hydroxyl groups is 1. The van der Waals surface area contributed by atoms with Gasteiger partial charge in [0.1, 0.15) is 18.5 Å². The monoisotopic (exact) mass is 251 g/mol. The largest absolute Gasteiger partial charge is 0.491 e. The zero-order valence-electron chi connectivity index (χ0n) is 10.5. The van der Waals surface area contributed by atoms with E-state index in [1.165, 1.54) is 12.8 Å². The first-order chi connectivity index (χ1) is 8.84. The van der Waals surface area contributed by atoms with E-state index in [2.05, 4.69) is 5.48 Å². The molecule has 0 radical (unpaired) electrons. The van der Waals surface area contributed by atoms with E-state index in [1.807, 2.05) is 30.3 Å². The highest BCUT2D eigenvalue weighted by Crippen LogP contribution is 2.19.